The van der Waals surface area contributed by atoms with Crippen LogP contribution in [0.5, 0.6) is 0 Å². The molecule has 6 heteroatoms. The third-order valence-electron chi connectivity index (χ3n) is 2.65. The normalized spacial score (nSPS) is 16.2. The second-order valence-electron chi connectivity index (χ2n) is 3.76. The molecule has 0 spiro atoms. The van der Waals surface area contributed by atoms with Gasteiger partial charge in [0.15, 0.2) is 11.0 Å². The van der Waals surface area contributed by atoms with E-state index in [-0.39, 0.29) is 10.7 Å². The second-order valence-corrected chi connectivity index (χ2v) is 4.12. The van der Waals surface area contributed by atoms with Crippen LogP contribution in [0.3, 0.4) is 0 Å². The predicted molar refractivity (Wildman–Crippen MR) is 60.1 cm³/mol. The molecule has 0 unspecified atom stereocenters. The lowest BCUT2D eigenvalue weighted by Gasteiger charge is -2.27. The monoisotopic (exact) mass is 241 g/mol. The first kappa shape index (κ1) is 11.1. The van der Waals surface area contributed by atoms with Crippen molar-refractivity contribution < 1.29 is 9.90 Å². The number of halogens is 1. The van der Waals surface area contributed by atoms with Crippen molar-refractivity contribution in [2.45, 2.75) is 19.3 Å². The first-order valence-electron chi connectivity index (χ1n) is 5.20. The molecule has 0 saturated carbocycles. The lowest BCUT2D eigenvalue weighted by atomic mass is 10.1. The van der Waals surface area contributed by atoms with Gasteiger partial charge in [0.2, 0.25) is 0 Å². The van der Waals surface area contributed by atoms with Crippen LogP contribution in [0.4, 0.5) is 5.82 Å². The molecule has 2 rings (SSSR count). The molecule has 2 heterocycles. The van der Waals surface area contributed by atoms with Crippen LogP contribution in [0.1, 0.15) is 29.6 Å². The van der Waals surface area contributed by atoms with E-state index in [0.717, 1.165) is 25.9 Å². The minimum Gasteiger partial charge on any atom is -0.478 e. The molecule has 1 aromatic rings. The molecule has 0 bridgehead atoms. The Bertz CT molecular complexity index is 405. The zero-order valence-corrected chi connectivity index (χ0v) is 9.44. The quantitative estimate of drug-likeness (QED) is 0.856. The van der Waals surface area contributed by atoms with Gasteiger partial charge in [0.1, 0.15) is 5.56 Å². The number of aromatic carboxylic acids is 1. The number of carbonyl (C=O) groups is 1. The summed E-state index contributed by atoms with van der Waals surface area (Å²) in [7, 11) is 0. The molecule has 5 nitrogen and oxygen atoms in total. The molecule has 0 aromatic carbocycles. The van der Waals surface area contributed by atoms with Crippen molar-refractivity contribution in [2.75, 3.05) is 18.0 Å². The summed E-state index contributed by atoms with van der Waals surface area (Å²) in [5.41, 5.74) is 0.0113. The van der Waals surface area contributed by atoms with E-state index in [2.05, 4.69) is 10.2 Å². The van der Waals surface area contributed by atoms with Crippen molar-refractivity contribution in [3.63, 3.8) is 0 Å². The van der Waals surface area contributed by atoms with Gasteiger partial charge in [0.25, 0.3) is 0 Å². The van der Waals surface area contributed by atoms with E-state index in [0.29, 0.717) is 5.82 Å². The van der Waals surface area contributed by atoms with Crippen LogP contribution in [-0.4, -0.2) is 34.4 Å². The maximum absolute atomic E-state index is 10.9. The van der Waals surface area contributed by atoms with Gasteiger partial charge in [-0.15, -0.1) is 10.2 Å². The van der Waals surface area contributed by atoms with E-state index in [4.69, 9.17) is 16.7 Å². The van der Waals surface area contributed by atoms with Gasteiger partial charge in [-0.05, 0) is 19.3 Å². The number of piperidine rings is 1. The molecule has 1 aliphatic rings. The summed E-state index contributed by atoms with van der Waals surface area (Å²) >= 11 is 5.66. The fraction of sp³-hybridized carbons (Fsp3) is 0.500. The molecule has 1 aliphatic heterocycles. The van der Waals surface area contributed by atoms with Crippen LogP contribution < -0.4 is 4.90 Å². The molecule has 0 radical (unpaired) electrons. The summed E-state index contributed by atoms with van der Waals surface area (Å²) in [6, 6.07) is 1.49. The van der Waals surface area contributed by atoms with Crippen molar-refractivity contribution >= 4 is 23.4 Å². The number of hydrogen-bond acceptors (Lipinski definition) is 4. The number of hydrogen-bond donors (Lipinski definition) is 1. The molecule has 1 saturated heterocycles. The van der Waals surface area contributed by atoms with Gasteiger partial charge in [-0.1, -0.05) is 11.6 Å². The molecular formula is C10H12ClN3O2. The number of carboxylic acids is 1. The maximum atomic E-state index is 10.9. The summed E-state index contributed by atoms with van der Waals surface area (Å²) in [6.07, 6.45) is 3.42. The van der Waals surface area contributed by atoms with Crippen molar-refractivity contribution in [1.82, 2.24) is 10.2 Å². The minimum atomic E-state index is -1.07. The molecule has 16 heavy (non-hydrogen) atoms. The Morgan fingerprint density at radius 2 is 2.00 bits per heavy atom. The number of carboxylic acid groups (broad SMARTS) is 1. The van der Waals surface area contributed by atoms with Gasteiger partial charge in [-0.3, -0.25) is 0 Å². The molecule has 1 aromatic heterocycles. The number of anilines is 1. The summed E-state index contributed by atoms with van der Waals surface area (Å²) in [5, 5.41) is 16.5. The fourth-order valence-corrected chi connectivity index (χ4v) is 1.97. The van der Waals surface area contributed by atoms with Gasteiger partial charge in [0, 0.05) is 19.2 Å². The standard InChI is InChI=1S/C10H12ClN3O2/c11-9-7(10(15)16)6-8(12-13-9)14-4-2-1-3-5-14/h6H,1-5H2,(H,15,16). The molecule has 1 fully saturated rings. The highest BCUT2D eigenvalue weighted by Crippen LogP contribution is 2.21. The minimum absolute atomic E-state index is 0.0113. The molecular weight excluding hydrogens is 230 g/mol. The molecule has 0 atom stereocenters. The first-order valence-corrected chi connectivity index (χ1v) is 5.58. The van der Waals surface area contributed by atoms with Crippen molar-refractivity contribution in [3.05, 3.63) is 16.8 Å². The number of nitrogens with zero attached hydrogens (tertiary/aromatic N) is 3. The van der Waals surface area contributed by atoms with Gasteiger partial charge in [0.05, 0.1) is 0 Å². The SMILES string of the molecule is O=C(O)c1cc(N2CCCCC2)nnc1Cl. The average molecular weight is 242 g/mol. The Morgan fingerprint density at radius 1 is 1.31 bits per heavy atom. The third kappa shape index (κ3) is 2.24. The van der Waals surface area contributed by atoms with Crippen LogP contribution in [0, 0.1) is 0 Å². The second kappa shape index (κ2) is 4.65. The average Bonchev–Trinajstić information content (AvgIpc) is 2.30. The zero-order chi connectivity index (χ0) is 11.5. The van der Waals surface area contributed by atoms with E-state index < -0.39 is 5.97 Å². The van der Waals surface area contributed by atoms with E-state index in [1.165, 1.54) is 12.5 Å². The van der Waals surface area contributed by atoms with Crippen molar-refractivity contribution in [3.8, 4) is 0 Å². The molecule has 0 aliphatic carbocycles. The fourth-order valence-electron chi connectivity index (χ4n) is 1.79. The van der Waals surface area contributed by atoms with Crippen molar-refractivity contribution in [2.24, 2.45) is 0 Å². The largest absolute Gasteiger partial charge is 0.478 e. The molecule has 0 amide bonds. The van der Waals surface area contributed by atoms with Crippen LogP contribution in [0.25, 0.3) is 0 Å². The van der Waals surface area contributed by atoms with Gasteiger partial charge in [-0.25, -0.2) is 4.79 Å². The van der Waals surface area contributed by atoms with E-state index in [1.54, 1.807) is 0 Å². The topological polar surface area (TPSA) is 66.3 Å². The summed E-state index contributed by atoms with van der Waals surface area (Å²) in [6.45, 7) is 1.80. The Balaban J connectivity index is 2.27. The lowest BCUT2D eigenvalue weighted by molar-refractivity contribution is 0.0696. The van der Waals surface area contributed by atoms with Gasteiger partial charge < -0.3 is 10.0 Å². The Labute approximate surface area is 98.0 Å². The number of rotatable bonds is 2. The predicted octanol–water partition coefficient (Wildman–Crippen LogP) is 1.82. The van der Waals surface area contributed by atoms with E-state index in [1.807, 2.05) is 4.90 Å². The smallest absolute Gasteiger partial charge is 0.339 e. The molecule has 86 valence electrons. The summed E-state index contributed by atoms with van der Waals surface area (Å²) in [5.74, 6) is -0.473. The van der Waals surface area contributed by atoms with Crippen LogP contribution >= 0.6 is 11.6 Å². The highest BCUT2D eigenvalue weighted by Gasteiger charge is 2.17. The van der Waals surface area contributed by atoms with Crippen LogP contribution in [-0.2, 0) is 0 Å². The Hall–Kier alpha value is -1.36. The summed E-state index contributed by atoms with van der Waals surface area (Å²) < 4.78 is 0. The lowest BCUT2D eigenvalue weighted by Crippen LogP contribution is -2.30. The highest BCUT2D eigenvalue weighted by atomic mass is 35.5. The van der Waals surface area contributed by atoms with E-state index in [9.17, 15) is 4.79 Å². The van der Waals surface area contributed by atoms with Crippen LogP contribution in [0.15, 0.2) is 6.07 Å². The zero-order valence-electron chi connectivity index (χ0n) is 8.69. The van der Waals surface area contributed by atoms with Gasteiger partial charge in [-0.2, -0.15) is 0 Å². The third-order valence-corrected chi connectivity index (χ3v) is 2.93. The summed E-state index contributed by atoms with van der Waals surface area (Å²) in [4.78, 5) is 12.9. The Kier molecular flexibility index (Phi) is 3.24. The van der Waals surface area contributed by atoms with E-state index >= 15 is 0 Å². The van der Waals surface area contributed by atoms with Gasteiger partial charge >= 0.3 is 5.97 Å². The molecule has 1 N–H and O–H groups in total. The van der Waals surface area contributed by atoms with Crippen LogP contribution in [0.2, 0.25) is 5.15 Å². The maximum Gasteiger partial charge on any atom is 0.339 e. The number of aromatic nitrogens is 2. The first-order chi connectivity index (χ1) is 7.68. The van der Waals surface area contributed by atoms with Crippen molar-refractivity contribution in [1.29, 1.82) is 0 Å². The Morgan fingerprint density at radius 3 is 2.62 bits per heavy atom. The highest BCUT2D eigenvalue weighted by molar-refractivity contribution is 6.32.